The number of non-ortho nitro benzene ring substituents is 1. The smallest absolute Gasteiger partial charge is 0.270 e. The molecule has 0 aliphatic carbocycles. The van der Waals surface area contributed by atoms with Crippen LogP contribution in [0.15, 0.2) is 47.6 Å². The highest BCUT2D eigenvalue weighted by Crippen LogP contribution is 2.36. The van der Waals surface area contributed by atoms with Crippen molar-refractivity contribution in [2.45, 2.75) is 17.5 Å². The first-order valence-electron chi connectivity index (χ1n) is 8.22. The van der Waals surface area contributed by atoms with E-state index in [0.717, 1.165) is 22.1 Å². The van der Waals surface area contributed by atoms with Crippen LogP contribution >= 0.6 is 11.8 Å². The number of nitro benzene ring substituents is 1. The Morgan fingerprint density at radius 3 is 2.85 bits per heavy atom. The molecule has 0 N–H and O–H groups in total. The molecule has 0 atom stereocenters. The largest absolute Gasteiger partial charge is 0.467 e. The predicted molar refractivity (Wildman–Crippen MR) is 99.4 cm³/mol. The molecule has 2 heterocycles. The molecule has 1 aromatic heterocycles. The van der Waals surface area contributed by atoms with Crippen molar-refractivity contribution in [3.8, 4) is 17.1 Å². The zero-order chi connectivity index (χ0) is 18.8. The van der Waals surface area contributed by atoms with Crippen molar-refractivity contribution in [2.75, 3.05) is 6.79 Å². The summed E-state index contributed by atoms with van der Waals surface area (Å²) in [6, 6.07) is 12.8. The van der Waals surface area contributed by atoms with E-state index in [4.69, 9.17) is 9.47 Å². The molecule has 0 bridgehead atoms. The zero-order valence-electron chi connectivity index (χ0n) is 14.5. The third-order valence-electron chi connectivity index (χ3n) is 4.21. The highest BCUT2D eigenvalue weighted by molar-refractivity contribution is 7.98. The van der Waals surface area contributed by atoms with Crippen molar-refractivity contribution in [3.63, 3.8) is 0 Å². The summed E-state index contributed by atoms with van der Waals surface area (Å²) in [4.78, 5) is 10.8. The maximum atomic E-state index is 11.2. The number of thioether (sulfide) groups is 1. The van der Waals surface area contributed by atoms with E-state index in [1.807, 2.05) is 41.9 Å². The lowest BCUT2D eigenvalue weighted by Crippen LogP contribution is -2.13. The van der Waals surface area contributed by atoms with Crippen LogP contribution in [-0.4, -0.2) is 26.5 Å². The molecule has 2 aromatic carbocycles. The van der Waals surface area contributed by atoms with E-state index in [0.29, 0.717) is 23.7 Å². The van der Waals surface area contributed by atoms with Gasteiger partial charge in [0.2, 0.25) is 0 Å². The van der Waals surface area contributed by atoms with Gasteiger partial charge >= 0.3 is 0 Å². The van der Waals surface area contributed by atoms with Gasteiger partial charge in [0.15, 0.2) is 17.8 Å². The number of hydrogen-bond donors (Lipinski definition) is 0. The molecule has 3 aromatic rings. The second-order valence-corrected chi connectivity index (χ2v) is 6.92. The third-order valence-corrected chi connectivity index (χ3v) is 5.28. The Bertz CT molecular complexity index is 991. The number of ether oxygens (including phenoxy) is 2. The van der Waals surface area contributed by atoms with Gasteiger partial charge in [-0.2, -0.15) is 0 Å². The van der Waals surface area contributed by atoms with Crippen LogP contribution in [0.3, 0.4) is 0 Å². The number of fused-ring (bicyclic) bond motifs is 1. The van der Waals surface area contributed by atoms with E-state index >= 15 is 0 Å². The molecule has 4 rings (SSSR count). The van der Waals surface area contributed by atoms with Crippen molar-refractivity contribution in [1.29, 1.82) is 0 Å². The molecule has 8 nitrogen and oxygen atoms in total. The molecule has 0 unspecified atom stereocenters. The molecule has 0 fully saturated rings. The Balaban J connectivity index is 1.60. The number of nitrogens with zero attached hydrogens (tertiary/aromatic N) is 4. The Morgan fingerprint density at radius 2 is 2.07 bits per heavy atom. The highest BCUT2D eigenvalue weighted by atomic mass is 32.2. The van der Waals surface area contributed by atoms with Gasteiger partial charge in [-0.1, -0.05) is 42.1 Å². The number of rotatable bonds is 5. The fraction of sp³-hybridized carbons (Fsp3) is 0.222. The summed E-state index contributed by atoms with van der Waals surface area (Å²) in [6.07, 6.45) is 0. The normalized spacial score (nSPS) is 13.1. The molecule has 0 amide bonds. The molecular weight excluding hydrogens is 368 g/mol. The summed E-state index contributed by atoms with van der Waals surface area (Å²) in [5.74, 6) is 1.90. The first kappa shape index (κ1) is 17.5. The Labute approximate surface area is 159 Å². The van der Waals surface area contributed by atoms with Gasteiger partial charge in [0, 0.05) is 41.6 Å². The molecule has 9 heteroatoms. The van der Waals surface area contributed by atoms with Crippen LogP contribution < -0.4 is 4.74 Å². The van der Waals surface area contributed by atoms with Gasteiger partial charge in [0.1, 0.15) is 5.75 Å². The van der Waals surface area contributed by atoms with Crippen LogP contribution in [0.4, 0.5) is 5.69 Å². The average Bonchev–Trinajstić information content (AvgIpc) is 3.07. The van der Waals surface area contributed by atoms with Crippen LogP contribution in [0.1, 0.15) is 11.1 Å². The van der Waals surface area contributed by atoms with Crippen molar-refractivity contribution in [2.24, 2.45) is 7.05 Å². The van der Waals surface area contributed by atoms with Crippen molar-refractivity contribution in [1.82, 2.24) is 14.8 Å². The van der Waals surface area contributed by atoms with Gasteiger partial charge in [-0.3, -0.25) is 10.1 Å². The molecule has 1 aliphatic heterocycles. The third kappa shape index (κ3) is 3.51. The van der Waals surface area contributed by atoms with Gasteiger partial charge < -0.3 is 14.0 Å². The Morgan fingerprint density at radius 1 is 1.26 bits per heavy atom. The average molecular weight is 384 g/mol. The van der Waals surface area contributed by atoms with Gasteiger partial charge in [0.05, 0.1) is 11.5 Å². The highest BCUT2D eigenvalue weighted by Gasteiger charge is 2.21. The lowest BCUT2D eigenvalue weighted by molar-refractivity contribution is -0.385. The van der Waals surface area contributed by atoms with E-state index in [-0.39, 0.29) is 12.5 Å². The van der Waals surface area contributed by atoms with Gasteiger partial charge in [-0.05, 0) is 0 Å². The van der Waals surface area contributed by atoms with E-state index in [9.17, 15) is 10.1 Å². The minimum atomic E-state index is -0.404. The van der Waals surface area contributed by atoms with Gasteiger partial charge in [-0.15, -0.1) is 10.2 Å². The SMILES string of the molecule is Cn1c(SCc2cc([N+](=O)[O-])cc3c2OCOC3)nnc1-c1ccccc1. The topological polar surface area (TPSA) is 92.3 Å². The van der Waals surface area contributed by atoms with Gasteiger partial charge in [-0.25, -0.2) is 0 Å². The summed E-state index contributed by atoms with van der Waals surface area (Å²) >= 11 is 1.45. The maximum absolute atomic E-state index is 11.2. The van der Waals surface area contributed by atoms with E-state index in [2.05, 4.69) is 10.2 Å². The second-order valence-electron chi connectivity index (χ2n) is 5.98. The fourth-order valence-electron chi connectivity index (χ4n) is 2.91. The number of hydrogen-bond acceptors (Lipinski definition) is 7. The minimum absolute atomic E-state index is 0.0291. The maximum Gasteiger partial charge on any atom is 0.270 e. The molecule has 0 saturated heterocycles. The predicted octanol–water partition coefficient (Wildman–Crippen LogP) is 3.55. The van der Waals surface area contributed by atoms with Crippen molar-refractivity contribution in [3.05, 3.63) is 63.7 Å². The van der Waals surface area contributed by atoms with Crippen LogP contribution in [0.25, 0.3) is 11.4 Å². The molecule has 1 aliphatic rings. The molecule has 0 radical (unpaired) electrons. The van der Waals surface area contributed by atoms with Crippen molar-refractivity contribution >= 4 is 17.4 Å². The number of nitro groups is 1. The quantitative estimate of drug-likeness (QED) is 0.377. The fourth-order valence-corrected chi connectivity index (χ4v) is 3.79. The summed E-state index contributed by atoms with van der Waals surface area (Å²) < 4.78 is 12.7. The molecule has 0 spiro atoms. The first-order chi connectivity index (χ1) is 13.1. The standard InChI is InChI=1S/C18H16N4O4S/c1-21-17(12-5-3-2-4-6-12)19-20-18(21)27-10-14-8-15(22(23)24)7-13-9-25-11-26-16(13)14/h2-8H,9-11H2,1H3. The Hall–Kier alpha value is -2.91. The summed E-state index contributed by atoms with van der Waals surface area (Å²) in [7, 11) is 1.90. The van der Waals surface area contributed by atoms with E-state index in [1.54, 1.807) is 6.07 Å². The van der Waals surface area contributed by atoms with E-state index < -0.39 is 4.92 Å². The summed E-state index contributed by atoms with van der Waals surface area (Å²) in [5, 5.41) is 20.5. The summed E-state index contributed by atoms with van der Waals surface area (Å²) in [5.41, 5.74) is 2.44. The lowest BCUT2D eigenvalue weighted by Gasteiger charge is -2.20. The summed E-state index contributed by atoms with van der Waals surface area (Å²) in [6.45, 7) is 0.446. The molecule has 138 valence electrons. The second kappa shape index (κ2) is 7.37. The van der Waals surface area contributed by atoms with Crippen LogP contribution in [-0.2, 0) is 24.1 Å². The van der Waals surface area contributed by atoms with Crippen LogP contribution in [0.5, 0.6) is 5.75 Å². The first-order valence-corrected chi connectivity index (χ1v) is 9.20. The van der Waals surface area contributed by atoms with Crippen LogP contribution in [0, 0.1) is 10.1 Å². The molecule has 0 saturated carbocycles. The molecular formula is C18H16N4O4S. The van der Waals surface area contributed by atoms with Gasteiger partial charge in [0.25, 0.3) is 5.69 Å². The van der Waals surface area contributed by atoms with Crippen LogP contribution in [0.2, 0.25) is 0 Å². The molecule has 27 heavy (non-hydrogen) atoms. The lowest BCUT2D eigenvalue weighted by atomic mass is 10.1. The number of aromatic nitrogens is 3. The monoisotopic (exact) mass is 384 g/mol. The van der Waals surface area contributed by atoms with Crippen molar-refractivity contribution < 1.29 is 14.4 Å². The zero-order valence-corrected chi connectivity index (χ0v) is 15.3. The minimum Gasteiger partial charge on any atom is -0.467 e. The number of benzene rings is 2. The van der Waals surface area contributed by atoms with E-state index in [1.165, 1.54) is 17.8 Å². The Kier molecular flexibility index (Phi) is 4.78.